The molecule has 7 heteroatoms. The van der Waals surface area contributed by atoms with Crippen molar-refractivity contribution in [2.45, 2.75) is 38.1 Å². The molecule has 7 nitrogen and oxygen atoms in total. The number of likely N-dealkylation sites (tertiary alicyclic amines) is 1. The third-order valence-electron chi connectivity index (χ3n) is 6.63. The summed E-state index contributed by atoms with van der Waals surface area (Å²) in [5.74, 6) is 0.284. The lowest BCUT2D eigenvalue weighted by atomic mass is 9.86. The van der Waals surface area contributed by atoms with Crippen molar-refractivity contribution in [3.63, 3.8) is 0 Å². The van der Waals surface area contributed by atoms with Crippen LogP contribution in [0.3, 0.4) is 0 Å². The zero-order chi connectivity index (χ0) is 21.5. The van der Waals surface area contributed by atoms with Crippen molar-refractivity contribution in [3.8, 4) is 11.5 Å². The fourth-order valence-electron chi connectivity index (χ4n) is 5.08. The van der Waals surface area contributed by atoms with Crippen LogP contribution in [-0.4, -0.2) is 48.6 Å². The van der Waals surface area contributed by atoms with E-state index in [1.165, 1.54) is 0 Å². The minimum absolute atomic E-state index is 0.0763. The van der Waals surface area contributed by atoms with Gasteiger partial charge in [0.25, 0.3) is 5.91 Å². The maximum absolute atomic E-state index is 13.5. The number of carbonyl (C=O) groups excluding carboxylic acids is 2. The van der Waals surface area contributed by atoms with Crippen LogP contribution in [0.25, 0.3) is 0 Å². The van der Waals surface area contributed by atoms with Crippen molar-refractivity contribution < 1.29 is 19.4 Å². The van der Waals surface area contributed by atoms with Crippen molar-refractivity contribution in [1.29, 1.82) is 0 Å². The number of methoxy groups -OCH3 is 1. The minimum atomic E-state index is -0.870. The molecule has 0 aliphatic carbocycles. The van der Waals surface area contributed by atoms with Crippen LogP contribution in [0.5, 0.6) is 11.5 Å². The molecule has 1 saturated heterocycles. The van der Waals surface area contributed by atoms with Gasteiger partial charge in [0.2, 0.25) is 5.91 Å². The van der Waals surface area contributed by atoms with Gasteiger partial charge in [-0.1, -0.05) is 12.1 Å². The summed E-state index contributed by atoms with van der Waals surface area (Å²) in [5.41, 5.74) is 4.28. The maximum Gasteiger partial charge on any atom is 0.252 e. The highest BCUT2D eigenvalue weighted by Crippen LogP contribution is 2.45. The lowest BCUT2D eigenvalue weighted by molar-refractivity contribution is -0.147. The number of carbonyl (C=O) groups is 2. The van der Waals surface area contributed by atoms with Crippen molar-refractivity contribution in [1.82, 2.24) is 4.90 Å². The number of amides is 2. The molecule has 2 N–H and O–H groups in total. The van der Waals surface area contributed by atoms with Gasteiger partial charge >= 0.3 is 0 Å². The van der Waals surface area contributed by atoms with Crippen LogP contribution in [0.4, 0.5) is 11.4 Å². The predicted molar refractivity (Wildman–Crippen MR) is 118 cm³/mol. The zero-order valence-electron chi connectivity index (χ0n) is 17.7. The van der Waals surface area contributed by atoms with Crippen LogP contribution in [0.1, 0.15) is 42.0 Å². The van der Waals surface area contributed by atoms with Gasteiger partial charge in [0.15, 0.2) is 0 Å². The number of phenolic OH excluding ortho intramolecular Hbond substituents is 1. The molecule has 5 rings (SSSR count). The number of ether oxygens (including phenoxy) is 1. The molecule has 3 heterocycles. The number of aromatic hydroxyl groups is 1. The number of para-hydroxylation sites is 2. The Hall–Kier alpha value is -3.22. The Balaban J connectivity index is 1.57. The first-order valence-electron chi connectivity index (χ1n) is 10.9. The number of phenols is 1. The molecule has 162 valence electrons. The third-order valence-corrected chi connectivity index (χ3v) is 6.63. The van der Waals surface area contributed by atoms with E-state index in [9.17, 15) is 14.7 Å². The van der Waals surface area contributed by atoms with Crippen LogP contribution in [0.15, 0.2) is 30.3 Å². The van der Waals surface area contributed by atoms with E-state index in [0.717, 1.165) is 55.6 Å². The van der Waals surface area contributed by atoms with E-state index < -0.39 is 6.04 Å². The van der Waals surface area contributed by atoms with Crippen LogP contribution in [0.2, 0.25) is 0 Å². The topological polar surface area (TPSA) is 82.1 Å². The molecule has 0 spiro atoms. The summed E-state index contributed by atoms with van der Waals surface area (Å²) in [5, 5.41) is 14.2. The van der Waals surface area contributed by atoms with Gasteiger partial charge in [-0.2, -0.15) is 0 Å². The Labute approximate surface area is 181 Å². The summed E-state index contributed by atoms with van der Waals surface area (Å²) in [7, 11) is 1.55. The molecular formula is C24H27N3O4. The van der Waals surface area contributed by atoms with Gasteiger partial charge in [-0.05, 0) is 49.4 Å². The molecule has 2 aromatic carbocycles. The Morgan fingerprint density at radius 2 is 1.90 bits per heavy atom. The summed E-state index contributed by atoms with van der Waals surface area (Å²) in [4.78, 5) is 29.8. The Bertz CT molecular complexity index is 1050. The van der Waals surface area contributed by atoms with Crippen molar-refractivity contribution >= 4 is 23.2 Å². The average molecular weight is 421 g/mol. The Morgan fingerprint density at radius 3 is 2.61 bits per heavy atom. The lowest BCUT2D eigenvalue weighted by Crippen LogP contribution is -2.49. The van der Waals surface area contributed by atoms with Crippen molar-refractivity contribution in [3.05, 3.63) is 47.0 Å². The van der Waals surface area contributed by atoms with Crippen LogP contribution < -0.4 is 15.0 Å². The maximum atomic E-state index is 13.5. The highest BCUT2D eigenvalue weighted by atomic mass is 16.5. The van der Waals surface area contributed by atoms with Gasteiger partial charge < -0.3 is 25.0 Å². The molecule has 31 heavy (non-hydrogen) atoms. The number of anilines is 2. The number of nitrogens with one attached hydrogen (secondary N) is 1. The lowest BCUT2D eigenvalue weighted by Gasteiger charge is -2.41. The van der Waals surface area contributed by atoms with E-state index in [2.05, 4.69) is 10.2 Å². The predicted octanol–water partition coefficient (Wildman–Crippen LogP) is 3.01. The average Bonchev–Trinajstić information content (AvgIpc) is 2.79. The summed E-state index contributed by atoms with van der Waals surface area (Å²) >= 11 is 0. The van der Waals surface area contributed by atoms with Crippen molar-refractivity contribution in [2.24, 2.45) is 0 Å². The third kappa shape index (κ3) is 3.28. The fourth-order valence-corrected chi connectivity index (χ4v) is 5.08. The molecule has 0 bridgehead atoms. The van der Waals surface area contributed by atoms with Gasteiger partial charge in [-0.3, -0.25) is 9.59 Å². The molecular weight excluding hydrogens is 394 g/mol. The molecule has 1 fully saturated rings. The van der Waals surface area contributed by atoms with Crippen LogP contribution >= 0.6 is 0 Å². The first-order valence-corrected chi connectivity index (χ1v) is 10.9. The summed E-state index contributed by atoms with van der Waals surface area (Å²) in [6, 6.07) is 8.26. The van der Waals surface area contributed by atoms with Gasteiger partial charge in [0.1, 0.15) is 17.5 Å². The Morgan fingerprint density at radius 1 is 1.13 bits per heavy atom. The number of rotatable bonds is 5. The summed E-state index contributed by atoms with van der Waals surface area (Å²) < 4.78 is 5.36. The number of nitrogens with zero attached hydrogens (tertiary/aromatic N) is 2. The number of hydrogen-bond donors (Lipinski definition) is 2. The molecule has 2 amide bonds. The van der Waals surface area contributed by atoms with Crippen LogP contribution in [-0.2, 0) is 22.4 Å². The SMILES string of the molecule is COc1ccccc1NC(=O)C(c1cc2c3c(c1O)CCCN3CCC2)N1CCC1=O. The summed E-state index contributed by atoms with van der Waals surface area (Å²) in [6.07, 6.45) is 4.15. The zero-order valence-corrected chi connectivity index (χ0v) is 17.7. The number of hydrogen-bond acceptors (Lipinski definition) is 5. The van der Waals surface area contributed by atoms with E-state index in [0.29, 0.717) is 30.0 Å². The second kappa shape index (κ2) is 7.80. The van der Waals surface area contributed by atoms with Crippen molar-refractivity contribution in [2.75, 3.05) is 37.0 Å². The van der Waals surface area contributed by atoms with E-state index in [4.69, 9.17) is 4.74 Å². The fraction of sp³-hybridized carbons (Fsp3) is 0.417. The van der Waals surface area contributed by atoms with E-state index >= 15 is 0 Å². The quantitative estimate of drug-likeness (QED) is 0.726. The molecule has 1 atom stereocenters. The molecule has 3 aliphatic heterocycles. The second-order valence-electron chi connectivity index (χ2n) is 8.42. The molecule has 0 saturated carbocycles. The Kier molecular flexibility index (Phi) is 4.96. The van der Waals surface area contributed by atoms with Gasteiger partial charge in [0.05, 0.1) is 12.8 Å². The van der Waals surface area contributed by atoms with Crippen LogP contribution in [0, 0.1) is 0 Å². The highest BCUT2D eigenvalue weighted by Gasteiger charge is 2.40. The van der Waals surface area contributed by atoms with E-state index in [-0.39, 0.29) is 17.6 Å². The minimum Gasteiger partial charge on any atom is -0.507 e. The van der Waals surface area contributed by atoms with E-state index in [1.54, 1.807) is 24.1 Å². The van der Waals surface area contributed by atoms with E-state index in [1.807, 2.05) is 18.2 Å². The smallest absolute Gasteiger partial charge is 0.252 e. The van der Waals surface area contributed by atoms with Gasteiger partial charge in [0, 0.05) is 42.9 Å². The molecule has 0 radical (unpaired) electrons. The largest absolute Gasteiger partial charge is 0.507 e. The molecule has 3 aliphatic rings. The standard InChI is InChI=1S/C24H27N3O4/c1-31-19-9-3-2-8-18(19)25-24(30)22(27-13-10-20(27)28)17-14-15-6-4-11-26-12-5-7-16(21(15)26)23(17)29/h2-3,8-9,14,22,29H,4-7,10-13H2,1H3,(H,25,30). The molecule has 0 aromatic heterocycles. The van der Waals surface area contributed by atoms with Gasteiger partial charge in [-0.15, -0.1) is 0 Å². The highest BCUT2D eigenvalue weighted by molar-refractivity contribution is 6.00. The monoisotopic (exact) mass is 421 g/mol. The number of β-lactam (4-membered cyclic amide) rings is 1. The first-order chi connectivity index (χ1) is 15.1. The second-order valence-corrected chi connectivity index (χ2v) is 8.42. The summed E-state index contributed by atoms with van der Waals surface area (Å²) in [6.45, 7) is 2.50. The number of aryl methyl sites for hydroxylation is 1. The normalized spacial score (nSPS) is 18.2. The molecule has 2 aromatic rings. The van der Waals surface area contributed by atoms with Gasteiger partial charge in [-0.25, -0.2) is 0 Å². The molecule has 1 unspecified atom stereocenters. The number of benzene rings is 2. The first kappa shape index (κ1) is 19.7.